The van der Waals surface area contributed by atoms with Gasteiger partial charge < -0.3 is 10.4 Å². The number of hydrogen-bond acceptors (Lipinski definition) is 3. The molecule has 98 valence electrons. The Balaban J connectivity index is 1.88. The van der Waals surface area contributed by atoms with Gasteiger partial charge >= 0.3 is 0 Å². The van der Waals surface area contributed by atoms with E-state index < -0.39 is 5.82 Å². The van der Waals surface area contributed by atoms with E-state index in [-0.39, 0.29) is 23.1 Å². The molecule has 0 aliphatic rings. The predicted octanol–water partition coefficient (Wildman–Crippen LogP) is 3.26. The Labute approximate surface area is 114 Å². The first kappa shape index (κ1) is 13.4. The van der Waals surface area contributed by atoms with E-state index in [1.165, 1.54) is 23.9 Å². The van der Waals surface area contributed by atoms with Crippen molar-refractivity contribution in [3.63, 3.8) is 0 Å². The van der Waals surface area contributed by atoms with Crippen LogP contribution >= 0.6 is 11.8 Å². The Kier molecular flexibility index (Phi) is 4.41. The molecule has 1 amide bonds. The number of phenolic OH excluding ortho intramolecular Hbond substituents is 1. The molecule has 0 saturated carbocycles. The van der Waals surface area contributed by atoms with E-state index in [9.17, 15) is 9.18 Å². The molecule has 0 aliphatic carbocycles. The number of amides is 1. The van der Waals surface area contributed by atoms with E-state index >= 15 is 0 Å². The number of phenols is 1. The van der Waals surface area contributed by atoms with Crippen LogP contribution in [0.5, 0.6) is 5.75 Å². The number of benzene rings is 2. The predicted molar refractivity (Wildman–Crippen MR) is 73.9 cm³/mol. The average molecular weight is 277 g/mol. The highest BCUT2D eigenvalue weighted by Gasteiger charge is 2.06. The van der Waals surface area contributed by atoms with Crippen molar-refractivity contribution in [2.24, 2.45) is 0 Å². The second-order valence-electron chi connectivity index (χ2n) is 3.81. The fourth-order valence-electron chi connectivity index (χ4n) is 1.44. The Bertz CT molecular complexity index is 572. The summed E-state index contributed by atoms with van der Waals surface area (Å²) in [6, 6.07) is 12.6. The van der Waals surface area contributed by atoms with Crippen LogP contribution in [0.25, 0.3) is 0 Å². The fraction of sp³-hybridized carbons (Fsp3) is 0.0714. The lowest BCUT2D eigenvalue weighted by Gasteiger charge is -2.06. The van der Waals surface area contributed by atoms with Crippen molar-refractivity contribution in [2.45, 2.75) is 4.90 Å². The summed E-state index contributed by atoms with van der Waals surface area (Å²) in [5.74, 6) is -0.368. The molecular weight excluding hydrogens is 265 g/mol. The highest BCUT2D eigenvalue weighted by molar-refractivity contribution is 8.00. The number of carbonyl (C=O) groups excluding carboxylic acids is 1. The first-order valence-electron chi connectivity index (χ1n) is 5.61. The zero-order chi connectivity index (χ0) is 13.7. The van der Waals surface area contributed by atoms with E-state index in [1.54, 1.807) is 36.4 Å². The first-order valence-corrected chi connectivity index (χ1v) is 6.60. The Morgan fingerprint density at radius 3 is 2.53 bits per heavy atom. The number of para-hydroxylation sites is 1. The molecule has 0 aromatic heterocycles. The van der Waals surface area contributed by atoms with Crippen molar-refractivity contribution in [3.05, 3.63) is 54.3 Å². The summed E-state index contributed by atoms with van der Waals surface area (Å²) in [4.78, 5) is 12.5. The van der Waals surface area contributed by atoms with Crippen molar-refractivity contribution in [1.29, 1.82) is 0 Å². The summed E-state index contributed by atoms with van der Waals surface area (Å²) in [6.07, 6.45) is 0. The minimum atomic E-state index is -0.453. The molecule has 0 saturated heterocycles. The Morgan fingerprint density at radius 2 is 1.84 bits per heavy atom. The molecule has 2 N–H and O–H groups in total. The van der Waals surface area contributed by atoms with Gasteiger partial charge in [-0.2, -0.15) is 0 Å². The topological polar surface area (TPSA) is 49.3 Å². The second kappa shape index (κ2) is 6.24. The van der Waals surface area contributed by atoms with E-state index in [1.807, 2.05) is 0 Å². The van der Waals surface area contributed by atoms with Crippen LogP contribution < -0.4 is 5.32 Å². The zero-order valence-corrected chi connectivity index (χ0v) is 10.8. The van der Waals surface area contributed by atoms with Crippen LogP contribution in [0.3, 0.4) is 0 Å². The second-order valence-corrected chi connectivity index (χ2v) is 4.86. The van der Waals surface area contributed by atoms with Gasteiger partial charge in [-0.15, -0.1) is 11.8 Å². The molecule has 19 heavy (non-hydrogen) atoms. The summed E-state index contributed by atoms with van der Waals surface area (Å²) < 4.78 is 13.3. The standard InChI is InChI=1S/C14H12FNO2S/c15-12-3-1-2-4-13(12)16-14(18)9-19-11-7-5-10(17)6-8-11/h1-8,17H,9H2,(H,16,18). The van der Waals surface area contributed by atoms with Crippen molar-refractivity contribution in [1.82, 2.24) is 0 Å². The normalized spacial score (nSPS) is 10.2. The van der Waals surface area contributed by atoms with Gasteiger partial charge in [0.25, 0.3) is 0 Å². The van der Waals surface area contributed by atoms with Crippen LogP contribution in [0.4, 0.5) is 10.1 Å². The zero-order valence-electron chi connectivity index (χ0n) is 9.97. The van der Waals surface area contributed by atoms with Crippen LogP contribution in [0.1, 0.15) is 0 Å². The quantitative estimate of drug-likeness (QED) is 0.843. The third-order valence-electron chi connectivity index (χ3n) is 2.35. The SMILES string of the molecule is O=C(CSc1ccc(O)cc1)Nc1ccccc1F. The van der Waals surface area contributed by atoms with Gasteiger partial charge in [0.1, 0.15) is 11.6 Å². The molecule has 0 spiro atoms. The van der Waals surface area contributed by atoms with Gasteiger partial charge in [-0.3, -0.25) is 4.79 Å². The Hall–Kier alpha value is -2.01. The average Bonchev–Trinajstić information content (AvgIpc) is 2.41. The minimum absolute atomic E-state index is 0.179. The van der Waals surface area contributed by atoms with Gasteiger partial charge in [-0.1, -0.05) is 12.1 Å². The molecule has 5 heteroatoms. The molecule has 0 unspecified atom stereocenters. The van der Waals surface area contributed by atoms with E-state index in [2.05, 4.69) is 5.32 Å². The van der Waals surface area contributed by atoms with Crippen LogP contribution in [-0.4, -0.2) is 16.8 Å². The van der Waals surface area contributed by atoms with Crippen LogP contribution in [0, 0.1) is 5.82 Å². The third kappa shape index (κ3) is 3.99. The number of rotatable bonds is 4. The largest absolute Gasteiger partial charge is 0.508 e. The first-order chi connectivity index (χ1) is 9.15. The number of halogens is 1. The van der Waals surface area contributed by atoms with Gasteiger partial charge in [0.2, 0.25) is 5.91 Å². The lowest BCUT2D eigenvalue weighted by molar-refractivity contribution is -0.113. The van der Waals surface area contributed by atoms with Gasteiger partial charge in [0.15, 0.2) is 0 Å². The van der Waals surface area contributed by atoms with Gasteiger partial charge in [-0.25, -0.2) is 4.39 Å². The summed E-state index contributed by atoms with van der Waals surface area (Å²) in [5, 5.41) is 11.6. The van der Waals surface area contributed by atoms with Crippen LogP contribution in [0.2, 0.25) is 0 Å². The molecule has 2 rings (SSSR count). The molecule has 0 bridgehead atoms. The molecule has 2 aromatic rings. The molecule has 0 fully saturated rings. The number of anilines is 1. The smallest absolute Gasteiger partial charge is 0.234 e. The maximum absolute atomic E-state index is 13.3. The van der Waals surface area contributed by atoms with E-state index in [0.29, 0.717) is 0 Å². The molecular formula is C14H12FNO2S. The lowest BCUT2D eigenvalue weighted by Crippen LogP contribution is -2.14. The number of hydrogen-bond donors (Lipinski definition) is 2. The highest BCUT2D eigenvalue weighted by Crippen LogP contribution is 2.21. The van der Waals surface area contributed by atoms with Crippen molar-refractivity contribution in [3.8, 4) is 5.75 Å². The molecule has 3 nitrogen and oxygen atoms in total. The van der Waals surface area contributed by atoms with Gasteiger partial charge in [0, 0.05) is 4.90 Å². The van der Waals surface area contributed by atoms with Crippen LogP contribution in [0.15, 0.2) is 53.4 Å². The molecule has 0 atom stereocenters. The van der Waals surface area contributed by atoms with Gasteiger partial charge in [-0.05, 0) is 36.4 Å². The number of nitrogens with one attached hydrogen (secondary N) is 1. The maximum Gasteiger partial charge on any atom is 0.234 e. The monoisotopic (exact) mass is 277 g/mol. The van der Waals surface area contributed by atoms with Crippen molar-refractivity contribution >= 4 is 23.4 Å². The molecule has 2 aromatic carbocycles. The lowest BCUT2D eigenvalue weighted by atomic mass is 10.3. The summed E-state index contributed by atoms with van der Waals surface area (Å²) in [7, 11) is 0. The molecule has 0 aliphatic heterocycles. The number of carbonyl (C=O) groups is 1. The number of thioether (sulfide) groups is 1. The molecule has 0 heterocycles. The molecule has 0 radical (unpaired) electrons. The third-order valence-corrected chi connectivity index (χ3v) is 3.37. The van der Waals surface area contributed by atoms with Crippen molar-refractivity contribution in [2.75, 3.05) is 11.1 Å². The maximum atomic E-state index is 13.3. The summed E-state index contributed by atoms with van der Waals surface area (Å²) in [6.45, 7) is 0. The van der Waals surface area contributed by atoms with E-state index in [0.717, 1.165) is 4.90 Å². The Morgan fingerprint density at radius 1 is 1.16 bits per heavy atom. The minimum Gasteiger partial charge on any atom is -0.508 e. The fourth-order valence-corrected chi connectivity index (χ4v) is 2.14. The summed E-state index contributed by atoms with van der Waals surface area (Å²) in [5.41, 5.74) is 0.179. The number of aromatic hydroxyl groups is 1. The summed E-state index contributed by atoms with van der Waals surface area (Å²) >= 11 is 1.32. The highest BCUT2D eigenvalue weighted by atomic mass is 32.2. The van der Waals surface area contributed by atoms with Crippen molar-refractivity contribution < 1.29 is 14.3 Å². The van der Waals surface area contributed by atoms with Crippen LogP contribution in [-0.2, 0) is 4.79 Å². The van der Waals surface area contributed by atoms with E-state index in [4.69, 9.17) is 5.11 Å². The van der Waals surface area contributed by atoms with Gasteiger partial charge in [0.05, 0.1) is 11.4 Å².